The summed E-state index contributed by atoms with van der Waals surface area (Å²) >= 11 is 0. The van der Waals surface area contributed by atoms with Gasteiger partial charge in [-0.15, -0.1) is 0 Å². The van der Waals surface area contributed by atoms with Crippen molar-refractivity contribution in [1.82, 2.24) is 4.90 Å². The second-order valence-electron chi connectivity index (χ2n) is 6.83. The Morgan fingerprint density at radius 2 is 1.96 bits per heavy atom. The van der Waals surface area contributed by atoms with E-state index in [4.69, 9.17) is 9.47 Å². The third kappa shape index (κ3) is 3.88. The lowest BCUT2D eigenvalue weighted by atomic mass is 10.0. The van der Waals surface area contributed by atoms with Crippen LogP contribution in [0.4, 0.5) is 0 Å². The van der Waals surface area contributed by atoms with Gasteiger partial charge < -0.3 is 9.47 Å². The van der Waals surface area contributed by atoms with Gasteiger partial charge in [0.2, 0.25) is 0 Å². The second kappa shape index (κ2) is 7.22. The molecule has 2 unspecified atom stereocenters. The first-order chi connectivity index (χ1) is 11.6. The van der Waals surface area contributed by atoms with Crippen molar-refractivity contribution in [1.29, 1.82) is 0 Å². The third-order valence-electron chi connectivity index (χ3n) is 4.39. The molecule has 0 aliphatic carbocycles. The Balaban J connectivity index is 1.72. The SMILES string of the molecule is COC(=O)Cc1cccc2c(OCC3CN3CC(C)C)cccc12. The van der Waals surface area contributed by atoms with Crippen molar-refractivity contribution in [2.45, 2.75) is 26.3 Å². The van der Waals surface area contributed by atoms with Gasteiger partial charge in [-0.3, -0.25) is 9.69 Å². The highest BCUT2D eigenvalue weighted by molar-refractivity contribution is 5.93. The van der Waals surface area contributed by atoms with E-state index >= 15 is 0 Å². The summed E-state index contributed by atoms with van der Waals surface area (Å²) < 4.78 is 10.9. The van der Waals surface area contributed by atoms with Gasteiger partial charge in [-0.1, -0.05) is 44.2 Å². The van der Waals surface area contributed by atoms with Gasteiger partial charge in [-0.05, 0) is 22.9 Å². The Bertz CT molecular complexity index is 726. The minimum absolute atomic E-state index is 0.226. The molecule has 0 aromatic heterocycles. The molecule has 0 spiro atoms. The van der Waals surface area contributed by atoms with Crippen LogP contribution in [0.25, 0.3) is 10.8 Å². The molecule has 4 heteroatoms. The molecule has 0 amide bonds. The van der Waals surface area contributed by atoms with Gasteiger partial charge in [-0.2, -0.15) is 0 Å². The lowest BCUT2D eigenvalue weighted by Gasteiger charge is -2.12. The largest absolute Gasteiger partial charge is 0.491 e. The van der Waals surface area contributed by atoms with Gasteiger partial charge in [0.25, 0.3) is 0 Å². The molecule has 4 nitrogen and oxygen atoms in total. The zero-order chi connectivity index (χ0) is 17.1. The summed E-state index contributed by atoms with van der Waals surface area (Å²) in [5.41, 5.74) is 0.970. The Hall–Kier alpha value is -2.07. The minimum atomic E-state index is -0.226. The van der Waals surface area contributed by atoms with Crippen LogP contribution < -0.4 is 4.74 Å². The second-order valence-corrected chi connectivity index (χ2v) is 6.83. The van der Waals surface area contributed by atoms with E-state index in [0.29, 0.717) is 18.6 Å². The van der Waals surface area contributed by atoms with Gasteiger partial charge in [-0.25, -0.2) is 0 Å². The summed E-state index contributed by atoms with van der Waals surface area (Å²) in [6, 6.07) is 12.5. The van der Waals surface area contributed by atoms with Crippen molar-refractivity contribution in [3.8, 4) is 5.75 Å². The van der Waals surface area contributed by atoms with Crippen molar-refractivity contribution in [3.05, 3.63) is 42.0 Å². The van der Waals surface area contributed by atoms with Crippen LogP contribution in [0, 0.1) is 5.92 Å². The number of fused-ring (bicyclic) bond motifs is 1. The molecule has 0 bridgehead atoms. The van der Waals surface area contributed by atoms with Crippen LogP contribution in [0.15, 0.2) is 36.4 Å². The average molecular weight is 327 g/mol. The highest BCUT2D eigenvalue weighted by atomic mass is 16.5. The maximum absolute atomic E-state index is 11.6. The quantitative estimate of drug-likeness (QED) is 0.578. The maximum atomic E-state index is 11.6. The number of carbonyl (C=O) groups excluding carboxylic acids is 1. The highest BCUT2D eigenvalue weighted by Gasteiger charge is 2.34. The fourth-order valence-corrected chi connectivity index (χ4v) is 3.11. The number of ether oxygens (including phenoxy) is 2. The van der Waals surface area contributed by atoms with Gasteiger partial charge >= 0.3 is 5.97 Å². The van der Waals surface area contributed by atoms with Crippen LogP contribution in [0.2, 0.25) is 0 Å². The lowest BCUT2D eigenvalue weighted by molar-refractivity contribution is -0.139. The first-order valence-corrected chi connectivity index (χ1v) is 8.52. The van der Waals surface area contributed by atoms with Crippen LogP contribution in [0.3, 0.4) is 0 Å². The zero-order valence-electron chi connectivity index (χ0n) is 14.6. The molecule has 1 fully saturated rings. The number of carbonyl (C=O) groups is 1. The fourth-order valence-electron chi connectivity index (χ4n) is 3.11. The van der Waals surface area contributed by atoms with Crippen molar-refractivity contribution in [2.24, 2.45) is 5.92 Å². The predicted molar refractivity (Wildman–Crippen MR) is 95.4 cm³/mol. The first kappa shape index (κ1) is 16.8. The Kier molecular flexibility index (Phi) is 5.05. The van der Waals surface area contributed by atoms with E-state index in [0.717, 1.165) is 35.2 Å². The molecular formula is C20H25NO3. The standard InChI is InChI=1S/C20H25NO3/c1-14(2)11-21-12-16(21)13-24-19-9-5-7-17-15(10-20(22)23-3)6-4-8-18(17)19/h4-9,14,16H,10-13H2,1-3H3. The number of nitrogens with zero attached hydrogens (tertiary/aromatic N) is 1. The molecule has 1 aliphatic rings. The molecule has 0 radical (unpaired) electrons. The molecular weight excluding hydrogens is 302 g/mol. The van der Waals surface area contributed by atoms with Crippen LogP contribution in [-0.4, -0.2) is 43.7 Å². The van der Waals surface area contributed by atoms with Crippen LogP contribution in [-0.2, 0) is 16.0 Å². The normalized spacial score (nSPS) is 19.5. The summed E-state index contributed by atoms with van der Waals surface area (Å²) in [4.78, 5) is 14.0. The third-order valence-corrected chi connectivity index (χ3v) is 4.39. The topological polar surface area (TPSA) is 38.5 Å². The lowest BCUT2D eigenvalue weighted by Crippen LogP contribution is -2.15. The monoisotopic (exact) mass is 327 g/mol. The average Bonchev–Trinajstić information content (AvgIpc) is 3.30. The molecule has 2 atom stereocenters. The molecule has 2 aromatic rings. The molecule has 128 valence electrons. The number of hydrogen-bond acceptors (Lipinski definition) is 4. The molecule has 2 aromatic carbocycles. The van der Waals surface area contributed by atoms with E-state index in [1.165, 1.54) is 7.11 Å². The van der Waals surface area contributed by atoms with Crippen molar-refractivity contribution >= 4 is 16.7 Å². The Morgan fingerprint density at radius 1 is 1.21 bits per heavy atom. The van der Waals surface area contributed by atoms with Gasteiger partial charge in [0, 0.05) is 18.5 Å². The van der Waals surface area contributed by atoms with Crippen LogP contribution in [0.1, 0.15) is 19.4 Å². The van der Waals surface area contributed by atoms with E-state index in [1.54, 1.807) is 0 Å². The summed E-state index contributed by atoms with van der Waals surface area (Å²) in [6.45, 7) is 7.45. The van der Waals surface area contributed by atoms with E-state index in [9.17, 15) is 4.79 Å². The molecule has 1 saturated heterocycles. The summed E-state index contributed by atoms with van der Waals surface area (Å²) in [5.74, 6) is 1.35. The molecule has 0 saturated carbocycles. The van der Waals surface area contributed by atoms with Crippen LogP contribution >= 0.6 is 0 Å². The molecule has 1 heterocycles. The van der Waals surface area contributed by atoms with E-state index in [2.05, 4.69) is 18.7 Å². The van der Waals surface area contributed by atoms with Gasteiger partial charge in [0.1, 0.15) is 12.4 Å². The predicted octanol–water partition coefficient (Wildman–Crippen LogP) is 3.27. The maximum Gasteiger partial charge on any atom is 0.309 e. The number of methoxy groups -OCH3 is 1. The minimum Gasteiger partial charge on any atom is -0.491 e. The number of benzene rings is 2. The summed E-state index contributed by atoms with van der Waals surface area (Å²) in [7, 11) is 1.42. The molecule has 3 rings (SSSR count). The zero-order valence-corrected chi connectivity index (χ0v) is 14.6. The number of hydrogen-bond donors (Lipinski definition) is 0. The van der Waals surface area contributed by atoms with E-state index in [1.807, 2.05) is 36.4 Å². The van der Waals surface area contributed by atoms with Crippen molar-refractivity contribution in [2.75, 3.05) is 26.8 Å². The first-order valence-electron chi connectivity index (χ1n) is 8.52. The number of rotatable bonds is 7. The molecule has 24 heavy (non-hydrogen) atoms. The van der Waals surface area contributed by atoms with Crippen molar-refractivity contribution in [3.63, 3.8) is 0 Å². The van der Waals surface area contributed by atoms with Gasteiger partial charge in [0.15, 0.2) is 0 Å². The molecule has 1 aliphatic heterocycles. The summed E-state index contributed by atoms with van der Waals surface area (Å²) in [6.07, 6.45) is 0.280. The fraction of sp³-hybridized carbons (Fsp3) is 0.450. The van der Waals surface area contributed by atoms with E-state index < -0.39 is 0 Å². The highest BCUT2D eigenvalue weighted by Crippen LogP contribution is 2.29. The summed E-state index contributed by atoms with van der Waals surface area (Å²) in [5, 5.41) is 2.10. The van der Waals surface area contributed by atoms with Crippen LogP contribution in [0.5, 0.6) is 5.75 Å². The molecule has 0 N–H and O–H groups in total. The van der Waals surface area contributed by atoms with Gasteiger partial charge in [0.05, 0.1) is 19.6 Å². The van der Waals surface area contributed by atoms with Crippen molar-refractivity contribution < 1.29 is 14.3 Å². The van der Waals surface area contributed by atoms with E-state index in [-0.39, 0.29) is 12.4 Å². The smallest absolute Gasteiger partial charge is 0.309 e. The number of esters is 1. The Labute approximate surface area is 143 Å². The Morgan fingerprint density at radius 3 is 2.71 bits per heavy atom.